The number of ether oxygens (including phenoxy) is 1. The zero-order chi connectivity index (χ0) is 12.4. The molecule has 1 saturated heterocycles. The van der Waals surface area contributed by atoms with E-state index in [-0.39, 0.29) is 11.8 Å². The lowest BCUT2D eigenvalue weighted by molar-refractivity contribution is -0.141. The number of nitrogens with zero attached hydrogens (tertiary/aromatic N) is 1. The van der Waals surface area contributed by atoms with Gasteiger partial charge in [0.1, 0.15) is 5.75 Å². The van der Waals surface area contributed by atoms with Gasteiger partial charge in [0.2, 0.25) is 0 Å². The third-order valence-electron chi connectivity index (χ3n) is 3.36. The van der Waals surface area contributed by atoms with E-state index in [2.05, 4.69) is 4.90 Å². The summed E-state index contributed by atoms with van der Waals surface area (Å²) in [6, 6.07) is 7.68. The maximum Gasteiger partial charge on any atom is 0.308 e. The number of likely N-dealkylation sites (N-methyl/N-ethyl adjacent to an activating group) is 1. The second-order valence-corrected chi connectivity index (χ2v) is 4.55. The average molecular weight is 235 g/mol. The molecule has 0 radical (unpaired) electrons. The Hall–Kier alpha value is -1.55. The number of aliphatic carboxylic acids is 1. The quantitative estimate of drug-likeness (QED) is 0.861. The molecule has 1 heterocycles. The molecule has 1 N–H and O–H groups in total. The number of carboxylic acids is 1. The molecule has 0 unspecified atom stereocenters. The smallest absolute Gasteiger partial charge is 0.308 e. The van der Waals surface area contributed by atoms with Crippen molar-refractivity contribution in [3.05, 3.63) is 29.8 Å². The molecule has 0 amide bonds. The summed E-state index contributed by atoms with van der Waals surface area (Å²) in [4.78, 5) is 13.3. The fourth-order valence-corrected chi connectivity index (χ4v) is 2.44. The van der Waals surface area contributed by atoms with Crippen LogP contribution in [-0.4, -0.2) is 43.2 Å². The number of carbonyl (C=O) groups is 1. The van der Waals surface area contributed by atoms with Crippen molar-refractivity contribution in [1.29, 1.82) is 0 Å². The molecular formula is C13H17NO3. The number of benzene rings is 1. The molecular weight excluding hydrogens is 218 g/mol. The molecule has 4 nitrogen and oxygen atoms in total. The third kappa shape index (κ3) is 2.42. The minimum absolute atomic E-state index is 0.0726. The highest BCUT2D eigenvalue weighted by Gasteiger charge is 2.36. The molecule has 1 aromatic carbocycles. The Bertz CT molecular complexity index is 402. The SMILES string of the molecule is COc1ccc([C@H]2CN(C)C[C@@H]2C(=O)O)cc1. The van der Waals surface area contributed by atoms with Gasteiger partial charge >= 0.3 is 5.97 Å². The van der Waals surface area contributed by atoms with Crippen LogP contribution in [0.15, 0.2) is 24.3 Å². The number of methoxy groups -OCH3 is 1. The fraction of sp³-hybridized carbons (Fsp3) is 0.462. The second kappa shape index (κ2) is 4.75. The molecule has 1 aromatic rings. The highest BCUT2D eigenvalue weighted by atomic mass is 16.5. The van der Waals surface area contributed by atoms with Crippen molar-refractivity contribution >= 4 is 5.97 Å². The van der Waals surface area contributed by atoms with E-state index in [1.165, 1.54) is 0 Å². The third-order valence-corrected chi connectivity index (χ3v) is 3.36. The number of rotatable bonds is 3. The van der Waals surface area contributed by atoms with Crippen LogP contribution in [0.1, 0.15) is 11.5 Å². The zero-order valence-corrected chi connectivity index (χ0v) is 10.1. The van der Waals surface area contributed by atoms with Gasteiger partial charge in [-0.15, -0.1) is 0 Å². The predicted octanol–water partition coefficient (Wildman–Crippen LogP) is 1.43. The van der Waals surface area contributed by atoms with Gasteiger partial charge in [0.25, 0.3) is 0 Å². The lowest BCUT2D eigenvalue weighted by Gasteiger charge is -2.15. The predicted molar refractivity (Wildman–Crippen MR) is 64.4 cm³/mol. The Morgan fingerprint density at radius 2 is 2.00 bits per heavy atom. The van der Waals surface area contributed by atoms with Gasteiger partial charge in [-0.3, -0.25) is 4.79 Å². The largest absolute Gasteiger partial charge is 0.497 e. The topological polar surface area (TPSA) is 49.8 Å². The van der Waals surface area contributed by atoms with Gasteiger partial charge in [-0.1, -0.05) is 12.1 Å². The molecule has 0 spiro atoms. The Kier molecular flexibility index (Phi) is 3.33. The highest BCUT2D eigenvalue weighted by molar-refractivity contribution is 5.72. The Labute approximate surface area is 101 Å². The van der Waals surface area contributed by atoms with Crippen molar-refractivity contribution < 1.29 is 14.6 Å². The maximum absolute atomic E-state index is 11.2. The van der Waals surface area contributed by atoms with E-state index >= 15 is 0 Å². The zero-order valence-electron chi connectivity index (χ0n) is 10.1. The summed E-state index contributed by atoms with van der Waals surface area (Å²) >= 11 is 0. The molecule has 2 rings (SSSR count). The minimum Gasteiger partial charge on any atom is -0.497 e. The number of carboxylic acid groups (broad SMARTS) is 1. The van der Waals surface area contributed by atoms with Crippen molar-refractivity contribution in [2.75, 3.05) is 27.2 Å². The molecule has 4 heteroatoms. The minimum atomic E-state index is -0.713. The van der Waals surface area contributed by atoms with Crippen molar-refractivity contribution in [1.82, 2.24) is 4.90 Å². The monoisotopic (exact) mass is 235 g/mol. The first-order chi connectivity index (χ1) is 8.11. The van der Waals surface area contributed by atoms with E-state index in [0.717, 1.165) is 17.9 Å². The van der Waals surface area contributed by atoms with Crippen LogP contribution in [0.5, 0.6) is 5.75 Å². The average Bonchev–Trinajstić information content (AvgIpc) is 2.72. The van der Waals surface area contributed by atoms with E-state index in [4.69, 9.17) is 4.74 Å². The van der Waals surface area contributed by atoms with Gasteiger partial charge in [-0.05, 0) is 24.7 Å². The molecule has 1 fully saturated rings. The van der Waals surface area contributed by atoms with Gasteiger partial charge in [0.15, 0.2) is 0 Å². The molecule has 0 saturated carbocycles. The number of hydrogen-bond acceptors (Lipinski definition) is 3. The van der Waals surface area contributed by atoms with Crippen LogP contribution in [0.2, 0.25) is 0 Å². The maximum atomic E-state index is 11.2. The summed E-state index contributed by atoms with van der Waals surface area (Å²) in [6.45, 7) is 1.41. The van der Waals surface area contributed by atoms with Crippen LogP contribution < -0.4 is 4.74 Å². The standard InChI is InChI=1S/C13H17NO3/c1-14-7-11(12(8-14)13(15)16)9-3-5-10(17-2)6-4-9/h3-6,11-12H,7-8H2,1-2H3,(H,15,16)/t11-,12+/m1/s1. The van der Waals surface area contributed by atoms with Crippen LogP contribution in [0.3, 0.4) is 0 Å². The van der Waals surface area contributed by atoms with E-state index in [9.17, 15) is 9.90 Å². The lowest BCUT2D eigenvalue weighted by atomic mass is 9.89. The van der Waals surface area contributed by atoms with Crippen LogP contribution >= 0.6 is 0 Å². The molecule has 92 valence electrons. The summed E-state index contributed by atoms with van der Waals surface area (Å²) in [7, 11) is 3.58. The number of hydrogen-bond donors (Lipinski definition) is 1. The van der Waals surface area contributed by atoms with Crippen molar-refractivity contribution in [3.63, 3.8) is 0 Å². The van der Waals surface area contributed by atoms with Gasteiger partial charge in [0.05, 0.1) is 13.0 Å². The second-order valence-electron chi connectivity index (χ2n) is 4.55. The molecule has 2 atom stereocenters. The van der Waals surface area contributed by atoms with Crippen LogP contribution in [0.25, 0.3) is 0 Å². The van der Waals surface area contributed by atoms with E-state index in [1.807, 2.05) is 31.3 Å². The summed E-state index contributed by atoms with van der Waals surface area (Å²) in [5, 5.41) is 9.21. The first-order valence-corrected chi connectivity index (χ1v) is 5.67. The Balaban J connectivity index is 2.22. The van der Waals surface area contributed by atoms with Gasteiger partial charge in [-0.2, -0.15) is 0 Å². The van der Waals surface area contributed by atoms with Crippen LogP contribution in [-0.2, 0) is 4.79 Å². The molecule has 1 aliphatic heterocycles. The summed E-state index contributed by atoms with van der Waals surface area (Å²) in [5.74, 6) is -0.154. The molecule has 0 aromatic heterocycles. The molecule has 0 aliphatic carbocycles. The van der Waals surface area contributed by atoms with Crippen molar-refractivity contribution in [2.24, 2.45) is 5.92 Å². The Morgan fingerprint density at radius 1 is 1.35 bits per heavy atom. The highest BCUT2D eigenvalue weighted by Crippen LogP contribution is 2.32. The van der Waals surface area contributed by atoms with Crippen LogP contribution in [0, 0.1) is 5.92 Å². The first-order valence-electron chi connectivity index (χ1n) is 5.67. The lowest BCUT2D eigenvalue weighted by Crippen LogP contribution is -2.21. The summed E-state index contributed by atoms with van der Waals surface area (Å²) in [6.07, 6.45) is 0. The summed E-state index contributed by atoms with van der Waals surface area (Å²) < 4.78 is 5.10. The van der Waals surface area contributed by atoms with Gasteiger partial charge in [-0.25, -0.2) is 0 Å². The molecule has 17 heavy (non-hydrogen) atoms. The van der Waals surface area contributed by atoms with Crippen LogP contribution in [0.4, 0.5) is 0 Å². The van der Waals surface area contributed by atoms with E-state index in [1.54, 1.807) is 7.11 Å². The van der Waals surface area contributed by atoms with E-state index < -0.39 is 5.97 Å². The summed E-state index contributed by atoms with van der Waals surface area (Å²) in [5.41, 5.74) is 1.07. The first kappa shape index (κ1) is 11.9. The molecule has 0 bridgehead atoms. The van der Waals surface area contributed by atoms with Crippen molar-refractivity contribution in [3.8, 4) is 5.75 Å². The number of likely N-dealkylation sites (tertiary alicyclic amines) is 1. The Morgan fingerprint density at radius 3 is 2.53 bits per heavy atom. The van der Waals surface area contributed by atoms with Crippen molar-refractivity contribution in [2.45, 2.75) is 5.92 Å². The van der Waals surface area contributed by atoms with E-state index in [0.29, 0.717) is 6.54 Å². The van der Waals surface area contributed by atoms with Gasteiger partial charge in [0, 0.05) is 19.0 Å². The fourth-order valence-electron chi connectivity index (χ4n) is 2.44. The van der Waals surface area contributed by atoms with Gasteiger partial charge < -0.3 is 14.7 Å². The normalized spacial score (nSPS) is 24.8. The molecule has 1 aliphatic rings.